The number of rotatable bonds is 6. The lowest BCUT2D eigenvalue weighted by atomic mass is 10.2. The maximum Gasteiger partial charge on any atom is 0.354 e. The van der Waals surface area contributed by atoms with E-state index in [0.717, 1.165) is 0 Å². The second-order valence-electron chi connectivity index (χ2n) is 4.74. The van der Waals surface area contributed by atoms with Crippen molar-refractivity contribution in [2.45, 2.75) is 53.1 Å². The maximum absolute atomic E-state index is 11.4. The minimum absolute atomic E-state index is 0.260. The molecule has 0 bridgehead atoms. The first-order chi connectivity index (χ1) is 7.59. The smallest absolute Gasteiger partial charge is 0.354 e. The summed E-state index contributed by atoms with van der Waals surface area (Å²) in [6.07, 6.45) is 0. The van der Waals surface area contributed by atoms with Crippen LogP contribution in [0.25, 0.3) is 0 Å². The largest absolute Gasteiger partial charge is 0.403 e. The number of hydrogen-bond donors (Lipinski definition) is 0. The number of ether oxygens (including phenoxy) is 2. The SMILES string of the molecule is C=C(C)C(=O)OC(C)(OCC)OOC(C)(C)C. The molecular formula is C12H22O5. The topological polar surface area (TPSA) is 54.0 Å². The molecule has 0 amide bonds. The summed E-state index contributed by atoms with van der Waals surface area (Å²) in [4.78, 5) is 21.6. The fourth-order valence-electron chi connectivity index (χ4n) is 0.789. The summed E-state index contributed by atoms with van der Waals surface area (Å²) in [5.41, 5.74) is -0.274. The van der Waals surface area contributed by atoms with E-state index in [-0.39, 0.29) is 5.57 Å². The van der Waals surface area contributed by atoms with Gasteiger partial charge in [-0.25, -0.2) is 9.68 Å². The van der Waals surface area contributed by atoms with Gasteiger partial charge in [0.1, 0.15) is 0 Å². The summed E-state index contributed by atoms with van der Waals surface area (Å²) in [5.74, 6) is -2.17. The van der Waals surface area contributed by atoms with Gasteiger partial charge in [0, 0.05) is 12.5 Å². The average molecular weight is 246 g/mol. The van der Waals surface area contributed by atoms with E-state index in [1.54, 1.807) is 34.6 Å². The molecule has 17 heavy (non-hydrogen) atoms. The molecule has 1 atom stereocenters. The molecule has 0 heterocycles. The lowest BCUT2D eigenvalue weighted by Crippen LogP contribution is -2.40. The molecule has 0 aliphatic heterocycles. The van der Waals surface area contributed by atoms with Crippen LogP contribution in [0.3, 0.4) is 0 Å². The van der Waals surface area contributed by atoms with E-state index in [1.807, 2.05) is 0 Å². The molecule has 0 aromatic heterocycles. The summed E-state index contributed by atoms with van der Waals surface area (Å²) in [7, 11) is 0. The van der Waals surface area contributed by atoms with Crippen molar-refractivity contribution >= 4 is 5.97 Å². The third kappa shape index (κ3) is 7.10. The molecule has 0 saturated heterocycles. The Bertz CT molecular complexity index is 279. The van der Waals surface area contributed by atoms with Crippen LogP contribution in [0.2, 0.25) is 0 Å². The Labute approximate surface area is 103 Å². The van der Waals surface area contributed by atoms with Gasteiger partial charge in [-0.3, -0.25) is 0 Å². The molecular weight excluding hydrogens is 224 g/mol. The fraction of sp³-hybridized carbons (Fsp3) is 0.750. The molecule has 0 aliphatic rings. The summed E-state index contributed by atoms with van der Waals surface area (Å²) in [5, 5.41) is 0. The van der Waals surface area contributed by atoms with Crippen LogP contribution in [-0.2, 0) is 24.0 Å². The minimum atomic E-state index is -1.57. The maximum atomic E-state index is 11.4. The second kappa shape index (κ2) is 6.14. The van der Waals surface area contributed by atoms with E-state index in [2.05, 4.69) is 6.58 Å². The summed E-state index contributed by atoms with van der Waals surface area (Å²) in [6.45, 7) is 14.0. The van der Waals surface area contributed by atoms with Crippen molar-refractivity contribution in [1.82, 2.24) is 0 Å². The van der Waals surface area contributed by atoms with E-state index >= 15 is 0 Å². The van der Waals surface area contributed by atoms with Gasteiger partial charge in [0.25, 0.3) is 0 Å². The highest BCUT2D eigenvalue weighted by Crippen LogP contribution is 2.20. The van der Waals surface area contributed by atoms with Crippen LogP contribution in [0.5, 0.6) is 0 Å². The summed E-state index contributed by atoms with van der Waals surface area (Å²) < 4.78 is 10.2. The van der Waals surface area contributed by atoms with E-state index in [0.29, 0.717) is 6.61 Å². The molecule has 0 spiro atoms. The standard InChI is InChI=1S/C12H22O5/c1-8-14-12(7,15-10(13)9(2)3)17-16-11(4,5)6/h2,8H2,1,3-7H3. The van der Waals surface area contributed by atoms with Gasteiger partial charge in [0.05, 0.1) is 12.2 Å². The van der Waals surface area contributed by atoms with Crippen molar-refractivity contribution in [2.24, 2.45) is 0 Å². The van der Waals surface area contributed by atoms with Crippen molar-refractivity contribution in [1.29, 1.82) is 0 Å². The molecule has 0 aromatic carbocycles. The van der Waals surface area contributed by atoms with E-state index in [9.17, 15) is 4.79 Å². The lowest BCUT2D eigenvalue weighted by Gasteiger charge is -2.30. The number of hydrogen-bond acceptors (Lipinski definition) is 5. The molecule has 5 nitrogen and oxygen atoms in total. The van der Waals surface area contributed by atoms with Crippen LogP contribution in [0.1, 0.15) is 41.5 Å². The average Bonchev–Trinajstić information content (AvgIpc) is 2.14. The van der Waals surface area contributed by atoms with Gasteiger partial charge in [0.15, 0.2) is 0 Å². The van der Waals surface area contributed by atoms with Gasteiger partial charge in [-0.2, -0.15) is 4.89 Å². The Morgan fingerprint density at radius 3 is 2.06 bits per heavy atom. The zero-order valence-electron chi connectivity index (χ0n) is 11.5. The third-order valence-corrected chi connectivity index (χ3v) is 1.48. The van der Waals surface area contributed by atoms with Gasteiger partial charge >= 0.3 is 11.9 Å². The fourth-order valence-corrected chi connectivity index (χ4v) is 0.789. The van der Waals surface area contributed by atoms with Crippen LogP contribution in [0.4, 0.5) is 0 Å². The highest BCUT2D eigenvalue weighted by atomic mass is 17.3. The highest BCUT2D eigenvalue weighted by molar-refractivity contribution is 5.87. The zero-order chi connectivity index (χ0) is 13.7. The Hall–Kier alpha value is -0.910. The molecule has 100 valence electrons. The summed E-state index contributed by atoms with van der Waals surface area (Å²) in [6, 6.07) is 0. The van der Waals surface area contributed by atoms with Gasteiger partial charge < -0.3 is 9.47 Å². The first-order valence-electron chi connectivity index (χ1n) is 5.49. The van der Waals surface area contributed by atoms with Gasteiger partial charge in [-0.15, -0.1) is 0 Å². The minimum Gasteiger partial charge on any atom is -0.403 e. The highest BCUT2D eigenvalue weighted by Gasteiger charge is 2.34. The molecule has 0 saturated carbocycles. The van der Waals surface area contributed by atoms with Gasteiger partial charge in [-0.1, -0.05) is 6.58 Å². The first-order valence-corrected chi connectivity index (χ1v) is 5.49. The van der Waals surface area contributed by atoms with Crippen molar-refractivity contribution in [2.75, 3.05) is 6.61 Å². The molecule has 0 radical (unpaired) electrons. The second-order valence-corrected chi connectivity index (χ2v) is 4.74. The first kappa shape index (κ1) is 16.1. The molecule has 0 fully saturated rings. The molecule has 0 N–H and O–H groups in total. The number of esters is 1. The van der Waals surface area contributed by atoms with Gasteiger partial charge in [0.2, 0.25) is 0 Å². The van der Waals surface area contributed by atoms with Crippen LogP contribution in [-0.4, -0.2) is 24.2 Å². The molecule has 0 aromatic rings. The Morgan fingerprint density at radius 1 is 1.18 bits per heavy atom. The molecule has 5 heteroatoms. The van der Waals surface area contributed by atoms with Crippen molar-refractivity contribution in [3.05, 3.63) is 12.2 Å². The monoisotopic (exact) mass is 246 g/mol. The molecule has 0 aliphatic carbocycles. The lowest BCUT2D eigenvalue weighted by molar-refractivity contribution is -0.509. The Morgan fingerprint density at radius 2 is 1.71 bits per heavy atom. The van der Waals surface area contributed by atoms with Crippen LogP contribution < -0.4 is 0 Å². The van der Waals surface area contributed by atoms with Crippen LogP contribution >= 0.6 is 0 Å². The van der Waals surface area contributed by atoms with E-state index in [4.69, 9.17) is 19.2 Å². The predicted molar refractivity (Wildman–Crippen MR) is 62.9 cm³/mol. The van der Waals surface area contributed by atoms with Crippen molar-refractivity contribution in [3.63, 3.8) is 0 Å². The van der Waals surface area contributed by atoms with Crippen molar-refractivity contribution < 1.29 is 24.0 Å². The number of carbonyl (C=O) groups is 1. The zero-order valence-corrected chi connectivity index (χ0v) is 11.5. The predicted octanol–water partition coefficient (Wildman–Crippen LogP) is 2.56. The Kier molecular flexibility index (Phi) is 5.81. The molecule has 1 unspecified atom stereocenters. The summed E-state index contributed by atoms with van der Waals surface area (Å²) >= 11 is 0. The quantitative estimate of drug-likeness (QED) is 0.237. The van der Waals surface area contributed by atoms with Crippen LogP contribution in [0.15, 0.2) is 12.2 Å². The molecule has 0 rings (SSSR count). The Balaban J connectivity index is 4.56. The number of carbonyl (C=O) groups excluding carboxylic acids is 1. The van der Waals surface area contributed by atoms with E-state index < -0.39 is 17.5 Å². The van der Waals surface area contributed by atoms with Crippen LogP contribution in [0, 0.1) is 0 Å². The van der Waals surface area contributed by atoms with E-state index in [1.165, 1.54) is 6.92 Å². The normalized spacial score (nSPS) is 15.2. The third-order valence-electron chi connectivity index (χ3n) is 1.48. The van der Waals surface area contributed by atoms with Crippen molar-refractivity contribution in [3.8, 4) is 0 Å². The van der Waals surface area contributed by atoms with Gasteiger partial charge in [-0.05, 0) is 34.6 Å².